The van der Waals surface area contributed by atoms with E-state index in [1.54, 1.807) is 30.9 Å². The fraction of sp³-hybridized carbons (Fsp3) is 0.357. The molecule has 0 radical (unpaired) electrons. The summed E-state index contributed by atoms with van der Waals surface area (Å²) < 4.78 is 29.0. The zero-order chi connectivity index (χ0) is 14.7. The van der Waals surface area contributed by atoms with Gasteiger partial charge in [0, 0.05) is 37.7 Å². The number of nitrogens with one attached hydrogen (secondary N) is 2. The highest BCUT2D eigenvalue weighted by Crippen LogP contribution is 2.24. The molecule has 6 nitrogen and oxygen atoms in total. The number of hydrogen-bond donors (Lipinski definition) is 2. The molecule has 0 saturated heterocycles. The molecular weight excluding hydrogens is 288 g/mol. The molecule has 2 N–H and O–H groups in total. The number of anilines is 1. The van der Waals surface area contributed by atoms with Crippen LogP contribution in [-0.4, -0.2) is 31.1 Å². The quantitative estimate of drug-likeness (QED) is 0.871. The Balaban J connectivity index is 1.69. The van der Waals surface area contributed by atoms with Crippen LogP contribution in [0.5, 0.6) is 0 Å². The molecule has 112 valence electrons. The molecule has 7 heteroatoms. The first kappa shape index (κ1) is 14.1. The van der Waals surface area contributed by atoms with E-state index in [-0.39, 0.29) is 0 Å². The van der Waals surface area contributed by atoms with Gasteiger partial charge in [0.2, 0.25) is 10.0 Å². The largest absolute Gasteiger partial charge is 0.385 e. The van der Waals surface area contributed by atoms with E-state index in [9.17, 15) is 8.42 Å². The van der Waals surface area contributed by atoms with Crippen LogP contribution in [0.2, 0.25) is 0 Å². The summed E-state index contributed by atoms with van der Waals surface area (Å²) in [5.41, 5.74) is 2.11. The number of aryl methyl sites for hydroxylation is 1. The summed E-state index contributed by atoms with van der Waals surface area (Å²) >= 11 is 0. The minimum atomic E-state index is -3.46. The van der Waals surface area contributed by atoms with Crippen molar-refractivity contribution in [2.45, 2.75) is 24.3 Å². The van der Waals surface area contributed by atoms with Crippen molar-refractivity contribution in [1.29, 1.82) is 0 Å². The molecule has 21 heavy (non-hydrogen) atoms. The van der Waals surface area contributed by atoms with E-state index in [1.165, 1.54) is 0 Å². The molecule has 0 atom stereocenters. The molecule has 0 bridgehead atoms. The van der Waals surface area contributed by atoms with Crippen LogP contribution >= 0.6 is 0 Å². The van der Waals surface area contributed by atoms with Gasteiger partial charge in [0.15, 0.2) is 0 Å². The number of benzene rings is 1. The van der Waals surface area contributed by atoms with Gasteiger partial charge >= 0.3 is 0 Å². The first-order valence-corrected chi connectivity index (χ1v) is 8.46. The molecule has 0 fully saturated rings. The zero-order valence-corrected chi connectivity index (χ0v) is 12.4. The number of aromatic nitrogens is 2. The lowest BCUT2D eigenvalue weighted by molar-refractivity contribution is 0.572. The summed E-state index contributed by atoms with van der Waals surface area (Å²) in [7, 11) is -3.46. The number of fused-ring (bicyclic) bond motifs is 1. The average molecular weight is 306 g/mol. The lowest BCUT2D eigenvalue weighted by atomic mass is 10.0. The monoisotopic (exact) mass is 306 g/mol. The molecule has 2 aromatic rings. The molecule has 1 aromatic carbocycles. The number of imidazole rings is 1. The molecule has 1 aliphatic rings. The summed E-state index contributed by atoms with van der Waals surface area (Å²) in [5, 5.41) is 3.28. The van der Waals surface area contributed by atoms with Crippen LogP contribution in [0.3, 0.4) is 0 Å². The number of sulfonamides is 1. The Morgan fingerprint density at radius 1 is 1.38 bits per heavy atom. The van der Waals surface area contributed by atoms with E-state index in [2.05, 4.69) is 15.0 Å². The lowest BCUT2D eigenvalue weighted by Gasteiger charge is -2.18. The summed E-state index contributed by atoms with van der Waals surface area (Å²) in [6, 6.07) is 5.26. The van der Waals surface area contributed by atoms with Crippen LogP contribution in [0.25, 0.3) is 0 Å². The second-order valence-corrected chi connectivity index (χ2v) is 6.81. The van der Waals surface area contributed by atoms with Crippen LogP contribution in [0.4, 0.5) is 5.69 Å². The Morgan fingerprint density at radius 2 is 2.29 bits per heavy atom. The van der Waals surface area contributed by atoms with Gasteiger partial charge in [0.1, 0.15) is 0 Å². The van der Waals surface area contributed by atoms with E-state index < -0.39 is 10.0 Å². The fourth-order valence-corrected chi connectivity index (χ4v) is 3.50. The molecule has 2 heterocycles. The highest BCUT2D eigenvalue weighted by molar-refractivity contribution is 7.89. The van der Waals surface area contributed by atoms with E-state index in [0.717, 1.165) is 30.6 Å². The molecule has 0 unspecified atom stereocenters. The maximum Gasteiger partial charge on any atom is 0.240 e. The maximum absolute atomic E-state index is 12.3. The molecule has 0 amide bonds. The van der Waals surface area contributed by atoms with Crippen molar-refractivity contribution in [3.05, 3.63) is 42.5 Å². The molecule has 1 aromatic heterocycles. The van der Waals surface area contributed by atoms with Crippen molar-refractivity contribution in [1.82, 2.24) is 14.3 Å². The highest BCUT2D eigenvalue weighted by atomic mass is 32.2. The lowest BCUT2D eigenvalue weighted by Crippen LogP contribution is -2.27. The summed E-state index contributed by atoms with van der Waals surface area (Å²) in [6.07, 6.45) is 7.09. The van der Waals surface area contributed by atoms with E-state index in [4.69, 9.17) is 0 Å². The third-order valence-electron chi connectivity index (χ3n) is 3.55. The van der Waals surface area contributed by atoms with Crippen molar-refractivity contribution >= 4 is 15.7 Å². The molecule has 0 spiro atoms. The van der Waals surface area contributed by atoms with Crippen molar-refractivity contribution in [3.63, 3.8) is 0 Å². The van der Waals surface area contributed by atoms with Gasteiger partial charge in [-0.05, 0) is 36.6 Å². The molecule has 0 aliphatic carbocycles. The Morgan fingerprint density at radius 3 is 3.10 bits per heavy atom. The Bertz CT molecular complexity index is 711. The standard InChI is InChI=1S/C14H18N4O2S/c19-21(20,17-7-9-18-8-6-15-11-18)13-3-4-14-12(10-13)2-1-5-16-14/h3-4,6,8,10-11,16-17H,1-2,5,7,9H2. The van der Waals surface area contributed by atoms with Gasteiger partial charge in [0.25, 0.3) is 0 Å². The first-order chi connectivity index (χ1) is 10.1. The molecule has 0 saturated carbocycles. The van der Waals surface area contributed by atoms with Crippen molar-refractivity contribution in [2.75, 3.05) is 18.4 Å². The van der Waals surface area contributed by atoms with Gasteiger partial charge in [0.05, 0.1) is 11.2 Å². The minimum Gasteiger partial charge on any atom is -0.385 e. The van der Waals surface area contributed by atoms with Crippen LogP contribution in [0.1, 0.15) is 12.0 Å². The third-order valence-corrected chi connectivity index (χ3v) is 5.01. The molecular formula is C14H18N4O2S. The third kappa shape index (κ3) is 3.25. The van der Waals surface area contributed by atoms with Crippen molar-refractivity contribution in [3.8, 4) is 0 Å². The normalized spacial score (nSPS) is 14.5. The summed E-state index contributed by atoms with van der Waals surface area (Å²) in [5.74, 6) is 0. The van der Waals surface area contributed by atoms with Crippen LogP contribution in [0.15, 0.2) is 41.8 Å². The number of rotatable bonds is 5. The van der Waals surface area contributed by atoms with E-state index >= 15 is 0 Å². The minimum absolute atomic E-state index is 0.329. The van der Waals surface area contributed by atoms with Crippen LogP contribution in [-0.2, 0) is 23.0 Å². The second-order valence-electron chi connectivity index (χ2n) is 5.05. The number of hydrogen-bond acceptors (Lipinski definition) is 4. The smallest absolute Gasteiger partial charge is 0.240 e. The van der Waals surface area contributed by atoms with Crippen molar-refractivity contribution in [2.24, 2.45) is 0 Å². The van der Waals surface area contributed by atoms with Gasteiger partial charge in [-0.1, -0.05) is 0 Å². The SMILES string of the molecule is O=S(=O)(NCCn1ccnc1)c1ccc2c(c1)CCCN2. The second kappa shape index (κ2) is 5.87. The Kier molecular flexibility index (Phi) is 3.94. The van der Waals surface area contributed by atoms with Crippen molar-refractivity contribution < 1.29 is 8.42 Å². The van der Waals surface area contributed by atoms with Crippen LogP contribution in [0, 0.1) is 0 Å². The average Bonchev–Trinajstić information content (AvgIpc) is 3.00. The van der Waals surface area contributed by atoms with Gasteiger partial charge in [-0.25, -0.2) is 18.1 Å². The Hall–Kier alpha value is -1.86. The molecule has 1 aliphatic heterocycles. The first-order valence-electron chi connectivity index (χ1n) is 6.97. The topological polar surface area (TPSA) is 76.0 Å². The van der Waals surface area contributed by atoms with Crippen LogP contribution < -0.4 is 10.0 Å². The Labute approximate surface area is 124 Å². The van der Waals surface area contributed by atoms with Gasteiger partial charge < -0.3 is 9.88 Å². The summed E-state index contributed by atoms with van der Waals surface area (Å²) in [4.78, 5) is 4.25. The fourth-order valence-electron chi connectivity index (χ4n) is 2.43. The molecule has 3 rings (SSSR count). The number of nitrogens with zero attached hydrogens (tertiary/aromatic N) is 2. The van der Waals surface area contributed by atoms with Gasteiger partial charge in [-0.3, -0.25) is 0 Å². The zero-order valence-electron chi connectivity index (χ0n) is 11.6. The predicted molar refractivity (Wildman–Crippen MR) is 80.7 cm³/mol. The summed E-state index contributed by atoms with van der Waals surface area (Å²) in [6.45, 7) is 1.85. The van der Waals surface area contributed by atoms with E-state index in [1.807, 2.05) is 10.6 Å². The van der Waals surface area contributed by atoms with Gasteiger partial charge in [-0.15, -0.1) is 0 Å². The van der Waals surface area contributed by atoms with Gasteiger partial charge in [-0.2, -0.15) is 0 Å². The highest BCUT2D eigenvalue weighted by Gasteiger charge is 2.17. The maximum atomic E-state index is 12.3. The van der Waals surface area contributed by atoms with E-state index in [0.29, 0.717) is 18.0 Å². The predicted octanol–water partition coefficient (Wildman–Crippen LogP) is 1.22.